The summed E-state index contributed by atoms with van der Waals surface area (Å²) in [5.74, 6) is 0.313. The smallest absolute Gasteiger partial charge is 0.273 e. The predicted molar refractivity (Wildman–Crippen MR) is 114 cm³/mol. The number of hydrogen-bond donors (Lipinski definition) is 1. The average Bonchev–Trinajstić information content (AvgIpc) is 3.22. The van der Waals surface area contributed by atoms with Gasteiger partial charge in [-0.25, -0.2) is 4.68 Å². The molecular weight excluding hydrogens is 386 g/mol. The first-order valence-corrected chi connectivity index (χ1v) is 10.3. The molecule has 7 heteroatoms. The molecule has 1 aliphatic rings. The molecule has 3 aromatic rings. The first-order valence-electron chi connectivity index (χ1n) is 9.90. The fraction of sp³-hybridized carbons (Fsp3) is 0.318. The van der Waals surface area contributed by atoms with Crippen LogP contribution in [0, 0.1) is 5.92 Å². The summed E-state index contributed by atoms with van der Waals surface area (Å²) in [5, 5.41) is 11.8. The molecule has 2 aromatic carbocycles. The standard InChI is InChI=1S/C22H24ClN5O/c23-19-6-4-5-18(13-19)15-28-16-21(25-26-28)22(29)24-14-17-9-11-27(12-10-17)20-7-2-1-3-8-20/h1-8,13,16-17H,9-12,14-15H2,(H,24,29). The number of nitrogens with zero attached hydrogens (tertiary/aromatic N) is 4. The third-order valence-corrected chi connectivity index (χ3v) is 5.53. The lowest BCUT2D eigenvalue weighted by molar-refractivity contribution is 0.0940. The monoisotopic (exact) mass is 409 g/mol. The Morgan fingerprint density at radius 1 is 1.10 bits per heavy atom. The third-order valence-electron chi connectivity index (χ3n) is 5.29. The highest BCUT2D eigenvalue weighted by molar-refractivity contribution is 6.30. The first-order chi connectivity index (χ1) is 14.2. The summed E-state index contributed by atoms with van der Waals surface area (Å²) in [6.07, 6.45) is 3.81. The maximum absolute atomic E-state index is 12.4. The van der Waals surface area contributed by atoms with E-state index in [1.807, 2.05) is 30.3 Å². The summed E-state index contributed by atoms with van der Waals surface area (Å²) < 4.78 is 1.65. The van der Waals surface area contributed by atoms with E-state index >= 15 is 0 Å². The number of carbonyl (C=O) groups excluding carboxylic acids is 1. The molecule has 4 rings (SSSR count). The fourth-order valence-corrected chi connectivity index (χ4v) is 3.88. The number of anilines is 1. The van der Waals surface area contributed by atoms with Gasteiger partial charge in [0.2, 0.25) is 0 Å². The molecule has 0 aliphatic carbocycles. The minimum absolute atomic E-state index is 0.173. The fourth-order valence-electron chi connectivity index (χ4n) is 3.66. The van der Waals surface area contributed by atoms with Crippen LogP contribution in [0.25, 0.3) is 0 Å². The van der Waals surface area contributed by atoms with Crippen molar-refractivity contribution in [2.24, 2.45) is 5.92 Å². The number of benzene rings is 2. The van der Waals surface area contributed by atoms with E-state index in [0.29, 0.717) is 29.7 Å². The van der Waals surface area contributed by atoms with E-state index in [1.54, 1.807) is 10.9 Å². The van der Waals surface area contributed by atoms with Gasteiger partial charge in [0.1, 0.15) is 0 Å². The first kappa shape index (κ1) is 19.5. The normalized spacial score (nSPS) is 14.7. The minimum atomic E-state index is -0.173. The number of amides is 1. The van der Waals surface area contributed by atoms with E-state index in [4.69, 9.17) is 11.6 Å². The molecule has 1 amide bonds. The van der Waals surface area contributed by atoms with Gasteiger partial charge in [-0.1, -0.05) is 47.1 Å². The van der Waals surface area contributed by atoms with Crippen LogP contribution in [0.1, 0.15) is 28.9 Å². The Kier molecular flexibility index (Phi) is 6.10. The Morgan fingerprint density at radius 2 is 1.90 bits per heavy atom. The van der Waals surface area contributed by atoms with Crippen LogP contribution >= 0.6 is 11.6 Å². The molecule has 1 saturated heterocycles. The van der Waals surface area contributed by atoms with Gasteiger partial charge < -0.3 is 10.2 Å². The number of hydrogen-bond acceptors (Lipinski definition) is 4. The average molecular weight is 410 g/mol. The van der Waals surface area contributed by atoms with Crippen LogP contribution in [0.2, 0.25) is 5.02 Å². The van der Waals surface area contributed by atoms with E-state index in [9.17, 15) is 4.79 Å². The summed E-state index contributed by atoms with van der Waals surface area (Å²) >= 11 is 6.01. The van der Waals surface area contributed by atoms with Gasteiger partial charge in [0.05, 0.1) is 12.7 Å². The summed E-state index contributed by atoms with van der Waals surface area (Å²) in [5.41, 5.74) is 2.62. The van der Waals surface area contributed by atoms with Crippen molar-refractivity contribution in [1.29, 1.82) is 0 Å². The molecule has 0 saturated carbocycles. The Balaban J connectivity index is 1.25. The largest absolute Gasteiger partial charge is 0.372 e. The van der Waals surface area contributed by atoms with Gasteiger partial charge in [-0.05, 0) is 48.6 Å². The highest BCUT2D eigenvalue weighted by Crippen LogP contribution is 2.22. The maximum atomic E-state index is 12.4. The van der Waals surface area contributed by atoms with Crippen LogP contribution in [0.4, 0.5) is 5.69 Å². The lowest BCUT2D eigenvalue weighted by Crippen LogP contribution is -2.38. The molecule has 0 bridgehead atoms. The van der Waals surface area contributed by atoms with Crippen molar-refractivity contribution < 1.29 is 4.79 Å². The van der Waals surface area contributed by atoms with Crippen molar-refractivity contribution in [3.05, 3.63) is 77.1 Å². The summed E-state index contributed by atoms with van der Waals surface area (Å²) in [4.78, 5) is 14.8. The van der Waals surface area contributed by atoms with Crippen LogP contribution in [-0.2, 0) is 6.54 Å². The van der Waals surface area contributed by atoms with Crippen molar-refractivity contribution in [3.63, 3.8) is 0 Å². The second kappa shape index (κ2) is 9.09. The zero-order valence-corrected chi connectivity index (χ0v) is 16.9. The van der Waals surface area contributed by atoms with Gasteiger partial charge in [-0.15, -0.1) is 5.10 Å². The van der Waals surface area contributed by atoms with Crippen LogP contribution in [0.3, 0.4) is 0 Å². The van der Waals surface area contributed by atoms with Crippen LogP contribution in [-0.4, -0.2) is 40.5 Å². The van der Waals surface area contributed by atoms with Gasteiger partial charge in [0.15, 0.2) is 5.69 Å². The van der Waals surface area contributed by atoms with E-state index in [2.05, 4.69) is 44.8 Å². The SMILES string of the molecule is O=C(NCC1CCN(c2ccccc2)CC1)c1cn(Cc2cccc(Cl)c2)nn1. The Hall–Kier alpha value is -2.86. The van der Waals surface area contributed by atoms with Crippen LogP contribution in [0.5, 0.6) is 0 Å². The number of para-hydroxylation sites is 1. The van der Waals surface area contributed by atoms with Gasteiger partial charge in [-0.3, -0.25) is 4.79 Å². The van der Waals surface area contributed by atoms with Crippen molar-refractivity contribution in [2.75, 3.05) is 24.5 Å². The van der Waals surface area contributed by atoms with Gasteiger partial charge >= 0.3 is 0 Å². The number of nitrogens with one attached hydrogen (secondary N) is 1. The molecule has 0 unspecified atom stereocenters. The second-order valence-electron chi connectivity index (χ2n) is 7.41. The van der Waals surface area contributed by atoms with Gasteiger partial charge in [0.25, 0.3) is 5.91 Å². The Labute approximate surface area is 175 Å². The Bertz CT molecular complexity index is 951. The zero-order chi connectivity index (χ0) is 20.1. The molecule has 1 aliphatic heterocycles. The van der Waals surface area contributed by atoms with Gasteiger partial charge in [0, 0.05) is 30.3 Å². The molecule has 150 valence electrons. The molecule has 2 heterocycles. The van der Waals surface area contributed by atoms with E-state index in [-0.39, 0.29) is 5.91 Å². The van der Waals surface area contributed by atoms with E-state index in [0.717, 1.165) is 31.5 Å². The molecule has 1 N–H and O–H groups in total. The number of halogens is 1. The molecule has 1 aromatic heterocycles. The van der Waals surface area contributed by atoms with Crippen molar-refractivity contribution in [1.82, 2.24) is 20.3 Å². The van der Waals surface area contributed by atoms with Crippen molar-refractivity contribution in [3.8, 4) is 0 Å². The van der Waals surface area contributed by atoms with E-state index < -0.39 is 0 Å². The number of piperidine rings is 1. The molecular formula is C22H24ClN5O. The van der Waals surface area contributed by atoms with Crippen molar-refractivity contribution >= 4 is 23.2 Å². The predicted octanol–water partition coefficient (Wildman–Crippen LogP) is 3.63. The zero-order valence-electron chi connectivity index (χ0n) is 16.2. The van der Waals surface area contributed by atoms with Crippen LogP contribution in [0.15, 0.2) is 60.8 Å². The maximum Gasteiger partial charge on any atom is 0.273 e. The highest BCUT2D eigenvalue weighted by atomic mass is 35.5. The number of rotatable bonds is 6. The number of aromatic nitrogens is 3. The highest BCUT2D eigenvalue weighted by Gasteiger charge is 2.20. The molecule has 6 nitrogen and oxygen atoms in total. The van der Waals surface area contributed by atoms with Crippen molar-refractivity contribution in [2.45, 2.75) is 19.4 Å². The molecule has 1 fully saturated rings. The van der Waals surface area contributed by atoms with Crippen LogP contribution < -0.4 is 10.2 Å². The third kappa shape index (κ3) is 5.15. The molecule has 0 atom stereocenters. The molecule has 29 heavy (non-hydrogen) atoms. The van der Waals surface area contributed by atoms with E-state index in [1.165, 1.54) is 5.69 Å². The molecule has 0 spiro atoms. The summed E-state index contributed by atoms with van der Waals surface area (Å²) in [6, 6.07) is 18.0. The minimum Gasteiger partial charge on any atom is -0.372 e. The lowest BCUT2D eigenvalue weighted by Gasteiger charge is -2.33. The van der Waals surface area contributed by atoms with Gasteiger partial charge in [-0.2, -0.15) is 0 Å². The summed E-state index contributed by atoms with van der Waals surface area (Å²) in [6.45, 7) is 3.22. The second-order valence-corrected chi connectivity index (χ2v) is 7.84. The Morgan fingerprint density at radius 3 is 2.66 bits per heavy atom. The quantitative estimate of drug-likeness (QED) is 0.675. The molecule has 0 radical (unpaired) electrons. The summed E-state index contributed by atoms with van der Waals surface area (Å²) in [7, 11) is 0. The number of carbonyl (C=O) groups is 1. The topological polar surface area (TPSA) is 63.1 Å². The lowest BCUT2D eigenvalue weighted by atomic mass is 9.96.